The SMILES string of the molecule is CC(C)=CCCC1(C)CO1.CO. The van der Waals surface area contributed by atoms with E-state index < -0.39 is 0 Å². The lowest BCUT2D eigenvalue weighted by molar-refractivity contribution is 0.310. The van der Waals surface area contributed by atoms with Gasteiger partial charge in [-0.2, -0.15) is 0 Å². The van der Waals surface area contributed by atoms with Crippen LogP contribution in [-0.4, -0.2) is 24.4 Å². The Morgan fingerprint density at radius 3 is 2.33 bits per heavy atom. The molecule has 0 aromatic carbocycles. The van der Waals surface area contributed by atoms with Gasteiger partial charge in [0.05, 0.1) is 12.2 Å². The van der Waals surface area contributed by atoms with Gasteiger partial charge in [-0.15, -0.1) is 0 Å². The molecule has 1 rings (SSSR count). The molecule has 0 aromatic rings. The maximum Gasteiger partial charge on any atom is 0.0891 e. The molecule has 12 heavy (non-hydrogen) atoms. The van der Waals surface area contributed by atoms with E-state index in [-0.39, 0.29) is 5.60 Å². The van der Waals surface area contributed by atoms with Crippen molar-refractivity contribution in [2.24, 2.45) is 0 Å². The van der Waals surface area contributed by atoms with Crippen molar-refractivity contribution in [2.45, 2.75) is 39.2 Å². The van der Waals surface area contributed by atoms with Gasteiger partial charge in [0.2, 0.25) is 0 Å². The van der Waals surface area contributed by atoms with Crippen LogP contribution in [0.4, 0.5) is 0 Å². The van der Waals surface area contributed by atoms with Gasteiger partial charge in [-0.05, 0) is 33.6 Å². The lowest BCUT2D eigenvalue weighted by Gasteiger charge is -2.00. The molecule has 72 valence electrons. The van der Waals surface area contributed by atoms with Gasteiger partial charge in [-0.1, -0.05) is 11.6 Å². The molecule has 1 saturated heterocycles. The van der Waals surface area contributed by atoms with Crippen LogP contribution in [0.25, 0.3) is 0 Å². The Hall–Kier alpha value is -0.340. The third kappa shape index (κ3) is 5.33. The summed E-state index contributed by atoms with van der Waals surface area (Å²) in [6, 6.07) is 0. The molecule has 1 fully saturated rings. The highest BCUT2D eigenvalue weighted by Crippen LogP contribution is 2.31. The smallest absolute Gasteiger partial charge is 0.0891 e. The second-order valence-electron chi connectivity index (χ2n) is 3.56. The second-order valence-corrected chi connectivity index (χ2v) is 3.56. The van der Waals surface area contributed by atoms with E-state index in [4.69, 9.17) is 9.84 Å². The van der Waals surface area contributed by atoms with E-state index >= 15 is 0 Å². The molecule has 0 aliphatic carbocycles. The molecular formula is C10H20O2. The Morgan fingerprint density at radius 1 is 1.50 bits per heavy atom. The highest BCUT2D eigenvalue weighted by Gasteiger charge is 2.37. The number of aliphatic hydroxyl groups excluding tert-OH is 1. The third-order valence-corrected chi connectivity index (χ3v) is 1.86. The van der Waals surface area contributed by atoms with Gasteiger partial charge >= 0.3 is 0 Å². The summed E-state index contributed by atoms with van der Waals surface area (Å²) in [6.45, 7) is 7.40. The maximum atomic E-state index is 7.00. The molecule has 2 heteroatoms. The number of hydrogen-bond donors (Lipinski definition) is 1. The van der Waals surface area contributed by atoms with Crippen molar-refractivity contribution in [1.29, 1.82) is 0 Å². The highest BCUT2D eigenvalue weighted by atomic mass is 16.6. The zero-order valence-corrected chi connectivity index (χ0v) is 8.55. The van der Waals surface area contributed by atoms with Crippen LogP contribution in [0.15, 0.2) is 11.6 Å². The monoisotopic (exact) mass is 172 g/mol. The minimum absolute atomic E-state index is 0.242. The van der Waals surface area contributed by atoms with Crippen LogP contribution in [0.3, 0.4) is 0 Å². The number of rotatable bonds is 3. The molecule has 0 spiro atoms. The van der Waals surface area contributed by atoms with Crippen LogP contribution in [-0.2, 0) is 4.74 Å². The van der Waals surface area contributed by atoms with E-state index in [2.05, 4.69) is 26.8 Å². The van der Waals surface area contributed by atoms with E-state index in [1.807, 2.05) is 0 Å². The summed E-state index contributed by atoms with van der Waals surface area (Å²) >= 11 is 0. The average Bonchev–Trinajstić information content (AvgIpc) is 2.72. The molecule has 0 radical (unpaired) electrons. The fraction of sp³-hybridized carbons (Fsp3) is 0.800. The zero-order valence-electron chi connectivity index (χ0n) is 8.55. The Kier molecular flexibility index (Phi) is 5.18. The lowest BCUT2D eigenvalue weighted by atomic mass is 10.1. The topological polar surface area (TPSA) is 32.8 Å². The maximum absolute atomic E-state index is 7.00. The van der Waals surface area contributed by atoms with Crippen molar-refractivity contribution in [3.8, 4) is 0 Å². The number of aliphatic hydroxyl groups is 1. The summed E-state index contributed by atoms with van der Waals surface area (Å²) in [6.07, 6.45) is 4.62. The van der Waals surface area contributed by atoms with Gasteiger partial charge in [-0.3, -0.25) is 0 Å². The van der Waals surface area contributed by atoms with Crippen molar-refractivity contribution in [3.05, 3.63) is 11.6 Å². The second kappa shape index (κ2) is 5.33. The Labute approximate surface area is 75.2 Å². The molecule has 1 heterocycles. The summed E-state index contributed by atoms with van der Waals surface area (Å²) in [5.74, 6) is 0. The normalized spacial score (nSPS) is 25.4. The third-order valence-electron chi connectivity index (χ3n) is 1.86. The Bertz CT molecular complexity index is 142. The average molecular weight is 172 g/mol. The molecule has 1 aliphatic rings. The van der Waals surface area contributed by atoms with Crippen LogP contribution in [0.2, 0.25) is 0 Å². The Morgan fingerprint density at radius 2 is 2.00 bits per heavy atom. The molecule has 0 aromatic heterocycles. The Balaban J connectivity index is 0.000000561. The van der Waals surface area contributed by atoms with E-state index in [1.54, 1.807) is 0 Å². The first-order chi connectivity index (χ1) is 5.62. The number of allylic oxidation sites excluding steroid dienone is 2. The van der Waals surface area contributed by atoms with Crippen molar-refractivity contribution >= 4 is 0 Å². The molecule has 2 nitrogen and oxygen atoms in total. The molecular weight excluding hydrogens is 152 g/mol. The quantitative estimate of drug-likeness (QED) is 0.522. The van der Waals surface area contributed by atoms with Crippen molar-refractivity contribution < 1.29 is 9.84 Å². The van der Waals surface area contributed by atoms with E-state index in [9.17, 15) is 0 Å². The van der Waals surface area contributed by atoms with Gasteiger partial charge < -0.3 is 9.84 Å². The molecule has 1 N–H and O–H groups in total. The van der Waals surface area contributed by atoms with Crippen LogP contribution in [0.1, 0.15) is 33.6 Å². The van der Waals surface area contributed by atoms with Gasteiger partial charge in [0.15, 0.2) is 0 Å². The summed E-state index contributed by atoms with van der Waals surface area (Å²) < 4.78 is 5.25. The standard InChI is InChI=1S/C9H16O.CH4O/c1-8(2)5-4-6-9(3)7-10-9;1-2/h5H,4,6-7H2,1-3H3;2H,1H3. The molecule has 0 bridgehead atoms. The summed E-state index contributed by atoms with van der Waals surface area (Å²) in [5, 5.41) is 7.00. The highest BCUT2D eigenvalue weighted by molar-refractivity contribution is 4.96. The van der Waals surface area contributed by atoms with Crippen LogP contribution in [0, 0.1) is 0 Å². The first-order valence-corrected chi connectivity index (χ1v) is 4.34. The van der Waals surface area contributed by atoms with Gasteiger partial charge in [0, 0.05) is 7.11 Å². The molecule has 1 aliphatic heterocycles. The first kappa shape index (κ1) is 11.7. The van der Waals surface area contributed by atoms with E-state index in [1.165, 1.54) is 18.4 Å². The van der Waals surface area contributed by atoms with Crippen molar-refractivity contribution in [2.75, 3.05) is 13.7 Å². The molecule has 1 atom stereocenters. The summed E-state index contributed by atoms with van der Waals surface area (Å²) in [7, 11) is 1.00. The molecule has 0 saturated carbocycles. The van der Waals surface area contributed by atoms with Gasteiger partial charge in [-0.25, -0.2) is 0 Å². The first-order valence-electron chi connectivity index (χ1n) is 4.34. The number of hydrogen-bond acceptors (Lipinski definition) is 2. The van der Waals surface area contributed by atoms with Gasteiger partial charge in [0.25, 0.3) is 0 Å². The van der Waals surface area contributed by atoms with Crippen molar-refractivity contribution in [3.63, 3.8) is 0 Å². The summed E-state index contributed by atoms with van der Waals surface area (Å²) in [5.41, 5.74) is 1.65. The number of epoxide rings is 1. The predicted molar refractivity (Wildman–Crippen MR) is 51.2 cm³/mol. The van der Waals surface area contributed by atoms with Crippen LogP contribution >= 0.6 is 0 Å². The van der Waals surface area contributed by atoms with Crippen LogP contribution in [0.5, 0.6) is 0 Å². The molecule has 1 unspecified atom stereocenters. The van der Waals surface area contributed by atoms with Crippen molar-refractivity contribution in [1.82, 2.24) is 0 Å². The van der Waals surface area contributed by atoms with Gasteiger partial charge in [0.1, 0.15) is 0 Å². The zero-order chi connectivity index (χ0) is 9.61. The lowest BCUT2D eigenvalue weighted by Crippen LogP contribution is -2.01. The largest absolute Gasteiger partial charge is 0.400 e. The molecule has 0 amide bonds. The summed E-state index contributed by atoms with van der Waals surface area (Å²) in [4.78, 5) is 0. The minimum Gasteiger partial charge on any atom is -0.400 e. The van der Waals surface area contributed by atoms with E-state index in [0.29, 0.717) is 0 Å². The van der Waals surface area contributed by atoms with Crippen LogP contribution < -0.4 is 0 Å². The fourth-order valence-corrected chi connectivity index (χ4v) is 0.934. The minimum atomic E-state index is 0.242. The fourth-order valence-electron chi connectivity index (χ4n) is 0.934. The van der Waals surface area contributed by atoms with E-state index in [0.717, 1.165) is 13.7 Å². The predicted octanol–water partition coefficient (Wildman–Crippen LogP) is 2.13. The number of ether oxygens (including phenoxy) is 1.